The van der Waals surface area contributed by atoms with Gasteiger partial charge in [-0.2, -0.15) is 0 Å². The van der Waals surface area contributed by atoms with E-state index in [1.165, 1.54) is 0 Å². The highest BCUT2D eigenvalue weighted by Gasteiger charge is 2.15. The maximum absolute atomic E-state index is 5.71. The second-order valence-corrected chi connectivity index (χ2v) is 4.38. The predicted octanol–water partition coefficient (Wildman–Crippen LogP) is 2.10. The first-order valence-corrected chi connectivity index (χ1v) is 5.60. The van der Waals surface area contributed by atoms with Gasteiger partial charge >= 0.3 is 0 Å². The zero-order valence-electron chi connectivity index (χ0n) is 8.43. The van der Waals surface area contributed by atoms with E-state index < -0.39 is 0 Å². The number of thioether (sulfide) groups is 1. The van der Waals surface area contributed by atoms with E-state index in [-0.39, 0.29) is 5.25 Å². The van der Waals surface area contributed by atoms with Crippen molar-refractivity contribution in [3.8, 4) is 0 Å². The molecule has 0 bridgehead atoms. The number of aromatic nitrogens is 2. The van der Waals surface area contributed by atoms with Gasteiger partial charge in [0, 0.05) is 18.9 Å². The fourth-order valence-corrected chi connectivity index (χ4v) is 2.17. The van der Waals surface area contributed by atoms with Gasteiger partial charge in [0.1, 0.15) is 11.5 Å². The molecule has 0 saturated heterocycles. The van der Waals surface area contributed by atoms with E-state index in [9.17, 15) is 0 Å². The van der Waals surface area contributed by atoms with Gasteiger partial charge in [0.15, 0.2) is 5.16 Å². The zero-order chi connectivity index (χ0) is 10.7. The molecule has 0 aliphatic carbocycles. The molecule has 15 heavy (non-hydrogen) atoms. The lowest BCUT2D eigenvalue weighted by atomic mass is 10.3. The highest BCUT2D eigenvalue weighted by atomic mass is 32.2. The van der Waals surface area contributed by atoms with Crippen LogP contribution in [0.4, 0.5) is 0 Å². The highest BCUT2D eigenvalue weighted by molar-refractivity contribution is 7.99. The average Bonchev–Trinajstić information content (AvgIpc) is 2.85. The monoisotopic (exact) mass is 223 g/mol. The van der Waals surface area contributed by atoms with E-state index in [1.54, 1.807) is 24.2 Å². The van der Waals surface area contributed by atoms with E-state index in [0.29, 0.717) is 6.54 Å². The minimum absolute atomic E-state index is 0.116. The molecule has 80 valence electrons. The van der Waals surface area contributed by atoms with Crippen LogP contribution in [0, 0.1) is 6.92 Å². The van der Waals surface area contributed by atoms with Crippen LogP contribution in [0.25, 0.3) is 0 Å². The Balaban J connectivity index is 2.11. The van der Waals surface area contributed by atoms with E-state index in [4.69, 9.17) is 10.2 Å². The van der Waals surface area contributed by atoms with Gasteiger partial charge in [-0.1, -0.05) is 11.8 Å². The standard InChI is InChI=1S/C10H13N3OS/c1-7-2-3-8(14-7)9(6-11)15-10-12-4-5-13-10/h2-5,9H,6,11H2,1H3,(H,12,13). The molecule has 0 spiro atoms. The number of nitrogens with one attached hydrogen (secondary N) is 1. The molecule has 0 aromatic carbocycles. The number of aromatic amines is 1. The molecular weight excluding hydrogens is 210 g/mol. The summed E-state index contributed by atoms with van der Waals surface area (Å²) < 4.78 is 5.54. The molecule has 1 unspecified atom stereocenters. The molecule has 0 fully saturated rings. The van der Waals surface area contributed by atoms with E-state index in [1.807, 2.05) is 19.1 Å². The Labute approximate surface area is 92.3 Å². The van der Waals surface area contributed by atoms with Gasteiger partial charge in [-0.05, 0) is 19.1 Å². The van der Waals surface area contributed by atoms with Crippen LogP contribution in [-0.2, 0) is 0 Å². The normalized spacial score (nSPS) is 12.9. The summed E-state index contributed by atoms with van der Waals surface area (Å²) >= 11 is 1.58. The maximum Gasteiger partial charge on any atom is 0.166 e. The largest absolute Gasteiger partial charge is 0.465 e. The molecule has 0 aliphatic heterocycles. The summed E-state index contributed by atoms with van der Waals surface area (Å²) in [4.78, 5) is 7.18. The molecular formula is C10H13N3OS. The Morgan fingerprint density at radius 3 is 3.00 bits per heavy atom. The predicted molar refractivity (Wildman–Crippen MR) is 59.7 cm³/mol. The van der Waals surface area contributed by atoms with Crippen LogP contribution in [-0.4, -0.2) is 16.5 Å². The second-order valence-electron chi connectivity index (χ2n) is 3.18. The molecule has 0 aliphatic rings. The van der Waals surface area contributed by atoms with E-state index >= 15 is 0 Å². The smallest absolute Gasteiger partial charge is 0.166 e. The summed E-state index contributed by atoms with van der Waals surface area (Å²) in [5.41, 5.74) is 5.71. The fourth-order valence-electron chi connectivity index (χ4n) is 1.30. The average molecular weight is 223 g/mol. The summed E-state index contributed by atoms with van der Waals surface area (Å²) in [6.07, 6.45) is 3.52. The van der Waals surface area contributed by atoms with Gasteiger partial charge in [0.25, 0.3) is 0 Å². The Hall–Kier alpha value is -1.20. The van der Waals surface area contributed by atoms with Crippen molar-refractivity contribution >= 4 is 11.8 Å². The van der Waals surface area contributed by atoms with Crippen molar-refractivity contribution < 1.29 is 4.42 Å². The van der Waals surface area contributed by atoms with Crippen molar-refractivity contribution in [1.82, 2.24) is 9.97 Å². The number of furan rings is 1. The molecule has 2 aromatic rings. The Bertz CT molecular complexity index is 410. The fraction of sp³-hybridized carbons (Fsp3) is 0.300. The maximum atomic E-state index is 5.71. The molecule has 0 amide bonds. The quantitative estimate of drug-likeness (QED) is 0.779. The molecule has 2 heterocycles. The SMILES string of the molecule is Cc1ccc(C(CN)Sc2ncc[nH]2)o1. The molecule has 2 aromatic heterocycles. The van der Waals surface area contributed by atoms with Gasteiger partial charge in [-0.3, -0.25) is 0 Å². The molecule has 1 atom stereocenters. The number of hydrogen-bond donors (Lipinski definition) is 2. The molecule has 0 saturated carbocycles. The van der Waals surface area contributed by atoms with Crippen molar-refractivity contribution in [3.63, 3.8) is 0 Å². The summed E-state index contributed by atoms with van der Waals surface area (Å²) in [6.45, 7) is 2.45. The third-order valence-corrected chi connectivity index (χ3v) is 3.18. The summed E-state index contributed by atoms with van der Waals surface area (Å²) in [6, 6.07) is 3.91. The molecule has 5 heteroatoms. The number of nitrogens with zero attached hydrogens (tertiary/aromatic N) is 1. The van der Waals surface area contributed by atoms with Crippen LogP contribution in [0.5, 0.6) is 0 Å². The highest BCUT2D eigenvalue weighted by Crippen LogP contribution is 2.32. The number of H-pyrrole nitrogens is 1. The molecule has 0 radical (unpaired) electrons. The summed E-state index contributed by atoms with van der Waals surface area (Å²) in [5, 5.41) is 0.976. The lowest BCUT2D eigenvalue weighted by Crippen LogP contribution is -2.08. The van der Waals surface area contributed by atoms with Crippen molar-refractivity contribution in [2.24, 2.45) is 5.73 Å². The second kappa shape index (κ2) is 4.55. The lowest BCUT2D eigenvalue weighted by molar-refractivity contribution is 0.481. The van der Waals surface area contributed by atoms with Gasteiger partial charge in [0.2, 0.25) is 0 Å². The minimum Gasteiger partial charge on any atom is -0.465 e. The van der Waals surface area contributed by atoms with Crippen LogP contribution in [0.2, 0.25) is 0 Å². The number of rotatable bonds is 4. The summed E-state index contributed by atoms with van der Waals surface area (Å²) in [7, 11) is 0. The first-order chi connectivity index (χ1) is 7.29. The first kappa shape index (κ1) is 10.3. The molecule has 4 nitrogen and oxygen atoms in total. The van der Waals surface area contributed by atoms with E-state index in [0.717, 1.165) is 16.7 Å². The minimum atomic E-state index is 0.116. The Morgan fingerprint density at radius 1 is 1.60 bits per heavy atom. The zero-order valence-corrected chi connectivity index (χ0v) is 9.25. The number of aryl methyl sites for hydroxylation is 1. The third kappa shape index (κ3) is 2.43. The van der Waals surface area contributed by atoms with Crippen molar-refractivity contribution in [2.75, 3.05) is 6.54 Å². The van der Waals surface area contributed by atoms with Crippen LogP contribution in [0.15, 0.2) is 34.1 Å². The van der Waals surface area contributed by atoms with Crippen molar-refractivity contribution in [2.45, 2.75) is 17.3 Å². The molecule has 2 rings (SSSR count). The first-order valence-electron chi connectivity index (χ1n) is 4.72. The van der Waals surface area contributed by atoms with Gasteiger partial charge in [-0.15, -0.1) is 0 Å². The number of hydrogen-bond acceptors (Lipinski definition) is 4. The summed E-state index contributed by atoms with van der Waals surface area (Å²) in [5.74, 6) is 1.81. The van der Waals surface area contributed by atoms with Crippen molar-refractivity contribution in [3.05, 3.63) is 36.0 Å². The Morgan fingerprint density at radius 2 is 2.47 bits per heavy atom. The van der Waals surface area contributed by atoms with Gasteiger partial charge in [-0.25, -0.2) is 4.98 Å². The Kier molecular flexibility index (Phi) is 3.13. The van der Waals surface area contributed by atoms with Crippen LogP contribution >= 0.6 is 11.8 Å². The van der Waals surface area contributed by atoms with Crippen molar-refractivity contribution in [1.29, 1.82) is 0 Å². The third-order valence-electron chi connectivity index (χ3n) is 2.02. The van der Waals surface area contributed by atoms with Gasteiger partial charge in [0.05, 0.1) is 5.25 Å². The lowest BCUT2D eigenvalue weighted by Gasteiger charge is -2.09. The molecule has 3 N–H and O–H groups in total. The topological polar surface area (TPSA) is 67.8 Å². The van der Waals surface area contributed by atoms with Crippen LogP contribution < -0.4 is 5.73 Å². The number of nitrogens with two attached hydrogens (primary N) is 1. The number of imidazole rings is 1. The van der Waals surface area contributed by atoms with E-state index in [2.05, 4.69) is 9.97 Å². The van der Waals surface area contributed by atoms with Crippen LogP contribution in [0.3, 0.4) is 0 Å². The van der Waals surface area contributed by atoms with Crippen LogP contribution in [0.1, 0.15) is 16.8 Å². The van der Waals surface area contributed by atoms with Gasteiger partial charge < -0.3 is 15.1 Å².